The number of aryl methyl sites for hydroxylation is 2. The van der Waals surface area contributed by atoms with Crippen molar-refractivity contribution in [2.45, 2.75) is 53.4 Å². The van der Waals surface area contributed by atoms with E-state index in [0.717, 1.165) is 11.8 Å². The van der Waals surface area contributed by atoms with Crippen molar-refractivity contribution in [3.63, 3.8) is 0 Å². The van der Waals surface area contributed by atoms with Crippen LogP contribution in [-0.2, 0) is 12.8 Å². The Balaban J connectivity index is 2.41. The molecule has 1 aromatic rings. The van der Waals surface area contributed by atoms with Gasteiger partial charge in [-0.1, -0.05) is 52.0 Å². The van der Waals surface area contributed by atoms with Crippen molar-refractivity contribution in [1.29, 1.82) is 0 Å². The number of hydrogen-bond acceptors (Lipinski definition) is 0. The minimum absolute atomic E-state index is 0.806. The molecule has 16 heavy (non-hydrogen) atoms. The number of rotatable bonds is 6. The first-order valence-electron chi connectivity index (χ1n) is 6.65. The van der Waals surface area contributed by atoms with Crippen LogP contribution >= 0.6 is 0 Å². The smallest absolute Gasteiger partial charge is 0.0276 e. The summed E-state index contributed by atoms with van der Waals surface area (Å²) in [5.74, 6) is 1.61. The molecule has 0 heterocycles. The van der Waals surface area contributed by atoms with Crippen LogP contribution in [0.4, 0.5) is 0 Å². The predicted molar refractivity (Wildman–Crippen MR) is 72.8 cm³/mol. The molecule has 0 aromatic heterocycles. The van der Waals surface area contributed by atoms with E-state index in [9.17, 15) is 0 Å². The van der Waals surface area contributed by atoms with Crippen molar-refractivity contribution in [3.8, 4) is 0 Å². The fourth-order valence-electron chi connectivity index (χ4n) is 1.78. The topological polar surface area (TPSA) is 0 Å². The van der Waals surface area contributed by atoms with Crippen molar-refractivity contribution in [2.75, 3.05) is 0 Å². The maximum absolute atomic E-state index is 2.30. The third kappa shape index (κ3) is 5.34. The zero-order chi connectivity index (χ0) is 12.0. The van der Waals surface area contributed by atoms with E-state index in [2.05, 4.69) is 52.0 Å². The third-order valence-corrected chi connectivity index (χ3v) is 3.04. The Morgan fingerprint density at radius 3 is 1.25 bits per heavy atom. The summed E-state index contributed by atoms with van der Waals surface area (Å²) in [6.45, 7) is 9.15. The molecule has 0 aliphatic heterocycles. The lowest BCUT2D eigenvalue weighted by atomic mass is 9.99. The molecule has 0 aliphatic rings. The highest BCUT2D eigenvalue weighted by Crippen LogP contribution is 2.13. The normalized spacial score (nSPS) is 11.4. The van der Waals surface area contributed by atoms with Gasteiger partial charge in [0.15, 0.2) is 0 Å². The first-order chi connectivity index (χ1) is 7.58. The highest BCUT2D eigenvalue weighted by molar-refractivity contribution is 5.22. The lowest BCUT2D eigenvalue weighted by Gasteiger charge is -2.07. The van der Waals surface area contributed by atoms with Gasteiger partial charge in [-0.3, -0.25) is 0 Å². The summed E-state index contributed by atoms with van der Waals surface area (Å²) >= 11 is 0. The molecule has 0 spiro atoms. The zero-order valence-corrected chi connectivity index (χ0v) is 11.3. The van der Waals surface area contributed by atoms with Gasteiger partial charge in [0, 0.05) is 0 Å². The molecule has 0 amide bonds. The lowest BCUT2D eigenvalue weighted by molar-refractivity contribution is 0.583. The summed E-state index contributed by atoms with van der Waals surface area (Å²) in [6, 6.07) is 9.21. The average Bonchev–Trinajstić information content (AvgIpc) is 2.25. The molecule has 0 fully saturated rings. The monoisotopic (exact) mass is 218 g/mol. The fourth-order valence-corrected chi connectivity index (χ4v) is 1.78. The Hall–Kier alpha value is -0.780. The Labute approximate surface area is 101 Å². The van der Waals surface area contributed by atoms with Crippen molar-refractivity contribution in [2.24, 2.45) is 11.8 Å². The van der Waals surface area contributed by atoms with Crippen LogP contribution in [0.1, 0.15) is 51.7 Å². The van der Waals surface area contributed by atoms with Gasteiger partial charge in [0.2, 0.25) is 0 Å². The van der Waals surface area contributed by atoms with Crippen LogP contribution in [-0.4, -0.2) is 0 Å². The van der Waals surface area contributed by atoms with Crippen LogP contribution < -0.4 is 0 Å². The summed E-state index contributed by atoms with van der Waals surface area (Å²) < 4.78 is 0. The van der Waals surface area contributed by atoms with Gasteiger partial charge in [0.1, 0.15) is 0 Å². The van der Waals surface area contributed by atoms with Crippen molar-refractivity contribution >= 4 is 0 Å². The number of hydrogen-bond donors (Lipinski definition) is 0. The zero-order valence-electron chi connectivity index (χ0n) is 11.3. The van der Waals surface area contributed by atoms with Crippen molar-refractivity contribution < 1.29 is 0 Å². The van der Waals surface area contributed by atoms with Gasteiger partial charge in [-0.2, -0.15) is 0 Å². The van der Waals surface area contributed by atoms with Gasteiger partial charge < -0.3 is 0 Å². The van der Waals surface area contributed by atoms with Crippen LogP contribution in [0.25, 0.3) is 0 Å². The largest absolute Gasteiger partial charge is 0.0628 e. The van der Waals surface area contributed by atoms with E-state index in [-0.39, 0.29) is 0 Å². The quantitative estimate of drug-likeness (QED) is 0.639. The van der Waals surface area contributed by atoms with Crippen molar-refractivity contribution in [3.05, 3.63) is 35.4 Å². The lowest BCUT2D eigenvalue weighted by Crippen LogP contribution is -1.94. The minimum Gasteiger partial charge on any atom is -0.0628 e. The second-order valence-electron chi connectivity index (χ2n) is 5.68. The molecule has 0 saturated heterocycles. The summed E-state index contributed by atoms with van der Waals surface area (Å²) in [5.41, 5.74) is 2.98. The molecule has 0 saturated carbocycles. The van der Waals surface area contributed by atoms with E-state index in [0.29, 0.717) is 0 Å². The SMILES string of the molecule is CC(C)CCc1ccc(CCC(C)C)cc1. The Morgan fingerprint density at radius 1 is 0.688 bits per heavy atom. The van der Waals surface area contributed by atoms with E-state index < -0.39 is 0 Å². The van der Waals surface area contributed by atoms with Gasteiger partial charge in [-0.25, -0.2) is 0 Å². The molecule has 0 nitrogen and oxygen atoms in total. The molecule has 0 aliphatic carbocycles. The Morgan fingerprint density at radius 2 is 1.00 bits per heavy atom. The fraction of sp³-hybridized carbons (Fsp3) is 0.625. The van der Waals surface area contributed by atoms with Crippen LogP contribution in [0.2, 0.25) is 0 Å². The molecule has 0 heteroatoms. The summed E-state index contributed by atoms with van der Waals surface area (Å²) in [7, 11) is 0. The van der Waals surface area contributed by atoms with E-state index in [1.165, 1.54) is 36.8 Å². The van der Waals surface area contributed by atoms with E-state index in [4.69, 9.17) is 0 Å². The van der Waals surface area contributed by atoms with Crippen LogP contribution in [0.5, 0.6) is 0 Å². The van der Waals surface area contributed by atoms with Gasteiger partial charge in [-0.15, -0.1) is 0 Å². The molecule has 0 unspecified atom stereocenters. The first kappa shape index (κ1) is 13.3. The molecule has 0 N–H and O–H groups in total. The Bertz CT molecular complexity index is 248. The second-order valence-corrected chi connectivity index (χ2v) is 5.68. The molecule has 0 atom stereocenters. The highest BCUT2D eigenvalue weighted by Gasteiger charge is 1.99. The van der Waals surface area contributed by atoms with Crippen molar-refractivity contribution in [1.82, 2.24) is 0 Å². The Kier molecular flexibility index (Phi) is 5.59. The van der Waals surface area contributed by atoms with Crippen LogP contribution in [0.15, 0.2) is 24.3 Å². The van der Waals surface area contributed by atoms with Crippen LogP contribution in [0.3, 0.4) is 0 Å². The minimum atomic E-state index is 0.806. The maximum atomic E-state index is 2.30. The molecule has 90 valence electrons. The molecule has 1 rings (SSSR count). The van der Waals surface area contributed by atoms with Gasteiger partial charge in [-0.05, 0) is 48.6 Å². The molecule has 0 bridgehead atoms. The van der Waals surface area contributed by atoms with Gasteiger partial charge in [0.05, 0.1) is 0 Å². The first-order valence-corrected chi connectivity index (χ1v) is 6.65. The molecule has 0 radical (unpaired) electrons. The summed E-state index contributed by atoms with van der Waals surface area (Å²) in [6.07, 6.45) is 5.04. The highest BCUT2D eigenvalue weighted by atomic mass is 14.0. The third-order valence-electron chi connectivity index (χ3n) is 3.04. The second kappa shape index (κ2) is 6.73. The van der Waals surface area contributed by atoms with E-state index in [1.54, 1.807) is 0 Å². The van der Waals surface area contributed by atoms with E-state index in [1.807, 2.05) is 0 Å². The predicted octanol–water partition coefficient (Wildman–Crippen LogP) is 4.86. The molecular weight excluding hydrogens is 192 g/mol. The maximum Gasteiger partial charge on any atom is -0.0276 e. The molecular formula is C16H26. The average molecular weight is 218 g/mol. The number of benzene rings is 1. The summed E-state index contributed by atoms with van der Waals surface area (Å²) in [5, 5.41) is 0. The van der Waals surface area contributed by atoms with Gasteiger partial charge in [0.25, 0.3) is 0 Å². The van der Waals surface area contributed by atoms with Crippen LogP contribution in [0, 0.1) is 11.8 Å². The summed E-state index contributed by atoms with van der Waals surface area (Å²) in [4.78, 5) is 0. The van der Waals surface area contributed by atoms with E-state index >= 15 is 0 Å². The standard InChI is InChI=1S/C16H26/c1-13(2)5-7-15-9-11-16(12-10-15)8-6-14(3)4/h9-14H,5-8H2,1-4H3. The van der Waals surface area contributed by atoms with Gasteiger partial charge >= 0.3 is 0 Å². The molecule has 1 aromatic carbocycles.